The van der Waals surface area contributed by atoms with Gasteiger partial charge in [0.15, 0.2) is 0 Å². The average Bonchev–Trinajstić information content (AvgIpc) is 3.61. The SMILES string of the molecule is C[C@@H](Nc1nc(Nc2ccc(F)c(Cl)c2)nc2c(C#N)cccc12)C1CC1.O=C(O)C(F)(F)F. The van der Waals surface area contributed by atoms with Gasteiger partial charge in [0.05, 0.1) is 16.1 Å². The molecule has 0 unspecified atom stereocenters. The second kappa shape index (κ2) is 10.1. The van der Waals surface area contributed by atoms with Crippen molar-refractivity contribution in [3.8, 4) is 6.07 Å². The van der Waals surface area contributed by atoms with Gasteiger partial charge in [-0.1, -0.05) is 17.7 Å². The van der Waals surface area contributed by atoms with E-state index in [0.717, 1.165) is 5.39 Å². The molecule has 0 saturated heterocycles. The number of alkyl halides is 3. The van der Waals surface area contributed by atoms with Crippen molar-refractivity contribution >= 4 is 45.9 Å². The van der Waals surface area contributed by atoms with Gasteiger partial charge in [0.1, 0.15) is 17.7 Å². The van der Waals surface area contributed by atoms with Gasteiger partial charge >= 0.3 is 12.1 Å². The third kappa shape index (κ3) is 6.23. The molecule has 0 radical (unpaired) electrons. The van der Waals surface area contributed by atoms with Crippen LogP contribution in [-0.4, -0.2) is 33.3 Å². The maximum Gasteiger partial charge on any atom is 0.490 e. The van der Waals surface area contributed by atoms with Crippen LogP contribution in [0.5, 0.6) is 0 Å². The summed E-state index contributed by atoms with van der Waals surface area (Å²) in [7, 11) is 0. The minimum atomic E-state index is -5.08. The molecule has 0 spiro atoms. The Morgan fingerprint density at radius 3 is 2.50 bits per heavy atom. The number of halogens is 5. The second-order valence-corrected chi connectivity index (χ2v) is 7.94. The number of hydrogen-bond acceptors (Lipinski definition) is 6. The van der Waals surface area contributed by atoms with Crippen molar-refractivity contribution in [1.82, 2.24) is 9.97 Å². The molecule has 12 heteroatoms. The fourth-order valence-corrected chi connectivity index (χ4v) is 3.22. The zero-order valence-electron chi connectivity index (χ0n) is 17.6. The van der Waals surface area contributed by atoms with E-state index in [2.05, 4.69) is 33.6 Å². The first-order chi connectivity index (χ1) is 16.0. The van der Waals surface area contributed by atoms with Crippen molar-refractivity contribution in [2.45, 2.75) is 32.0 Å². The summed E-state index contributed by atoms with van der Waals surface area (Å²) in [6.45, 7) is 2.13. The molecule has 3 aromatic rings. The van der Waals surface area contributed by atoms with Crippen LogP contribution in [0.2, 0.25) is 5.02 Å². The Kier molecular flexibility index (Phi) is 7.41. The first-order valence-corrected chi connectivity index (χ1v) is 10.4. The Hall–Kier alpha value is -3.65. The van der Waals surface area contributed by atoms with Crippen LogP contribution in [0.3, 0.4) is 0 Å². The number of nitrogens with zero attached hydrogens (tertiary/aromatic N) is 3. The lowest BCUT2D eigenvalue weighted by Crippen LogP contribution is -2.21. The van der Waals surface area contributed by atoms with E-state index in [1.807, 2.05) is 12.1 Å². The molecule has 1 aromatic heterocycles. The summed E-state index contributed by atoms with van der Waals surface area (Å²) in [6.07, 6.45) is -2.67. The lowest BCUT2D eigenvalue weighted by atomic mass is 10.1. The number of hydrogen-bond donors (Lipinski definition) is 3. The number of rotatable bonds is 5. The monoisotopic (exact) mass is 495 g/mol. The van der Waals surface area contributed by atoms with Crippen LogP contribution in [0.15, 0.2) is 36.4 Å². The van der Waals surface area contributed by atoms with Crippen LogP contribution >= 0.6 is 11.6 Å². The Morgan fingerprint density at radius 2 is 1.94 bits per heavy atom. The minimum Gasteiger partial charge on any atom is -0.475 e. The van der Waals surface area contributed by atoms with Gasteiger partial charge in [-0.15, -0.1) is 0 Å². The van der Waals surface area contributed by atoms with E-state index in [0.29, 0.717) is 34.5 Å². The third-order valence-corrected chi connectivity index (χ3v) is 5.25. The lowest BCUT2D eigenvalue weighted by molar-refractivity contribution is -0.192. The molecule has 3 N–H and O–H groups in total. The topological polar surface area (TPSA) is 111 Å². The summed E-state index contributed by atoms with van der Waals surface area (Å²) < 4.78 is 45.1. The summed E-state index contributed by atoms with van der Waals surface area (Å²) in [5, 5.41) is 23.9. The zero-order valence-corrected chi connectivity index (χ0v) is 18.4. The molecule has 1 saturated carbocycles. The highest BCUT2D eigenvalue weighted by Crippen LogP contribution is 2.35. The normalized spacial score (nSPS) is 13.9. The predicted molar refractivity (Wildman–Crippen MR) is 118 cm³/mol. The van der Waals surface area contributed by atoms with E-state index in [-0.39, 0.29) is 11.1 Å². The first-order valence-electron chi connectivity index (χ1n) is 9.99. The van der Waals surface area contributed by atoms with Crippen molar-refractivity contribution in [1.29, 1.82) is 5.26 Å². The van der Waals surface area contributed by atoms with Gasteiger partial charge in [-0.05, 0) is 56.0 Å². The molecule has 0 aliphatic heterocycles. The number of aromatic nitrogens is 2. The highest BCUT2D eigenvalue weighted by atomic mass is 35.5. The summed E-state index contributed by atoms with van der Waals surface area (Å²) in [4.78, 5) is 18.0. The number of para-hydroxylation sites is 1. The molecule has 0 amide bonds. The Balaban J connectivity index is 0.000000406. The van der Waals surface area contributed by atoms with Crippen LogP contribution in [0.1, 0.15) is 25.3 Å². The number of nitriles is 1. The van der Waals surface area contributed by atoms with E-state index in [4.69, 9.17) is 21.5 Å². The van der Waals surface area contributed by atoms with Gasteiger partial charge in [-0.2, -0.15) is 23.4 Å². The van der Waals surface area contributed by atoms with Crippen LogP contribution in [0, 0.1) is 23.1 Å². The van der Waals surface area contributed by atoms with Crippen molar-refractivity contribution in [2.24, 2.45) is 5.92 Å². The van der Waals surface area contributed by atoms with Crippen molar-refractivity contribution < 1.29 is 27.5 Å². The van der Waals surface area contributed by atoms with E-state index in [9.17, 15) is 22.8 Å². The quantitative estimate of drug-likeness (QED) is 0.379. The fourth-order valence-electron chi connectivity index (χ4n) is 3.04. The molecular formula is C22H18ClF4N5O2. The number of carboxylic acids is 1. The van der Waals surface area contributed by atoms with Crippen LogP contribution < -0.4 is 10.6 Å². The summed E-state index contributed by atoms with van der Waals surface area (Å²) in [5.74, 6) is -1.62. The Bertz CT molecular complexity index is 1260. The van der Waals surface area contributed by atoms with Gasteiger partial charge in [0.2, 0.25) is 5.95 Å². The van der Waals surface area contributed by atoms with Crippen molar-refractivity contribution in [2.75, 3.05) is 10.6 Å². The number of carbonyl (C=O) groups is 1. The molecule has 1 atom stereocenters. The number of anilines is 3. The fraction of sp³-hybridized carbons (Fsp3) is 0.273. The van der Waals surface area contributed by atoms with E-state index >= 15 is 0 Å². The largest absolute Gasteiger partial charge is 0.490 e. The van der Waals surface area contributed by atoms with Crippen LogP contribution in [0.4, 0.5) is 35.0 Å². The molecule has 178 valence electrons. The van der Waals surface area contributed by atoms with Gasteiger partial charge < -0.3 is 15.7 Å². The van der Waals surface area contributed by atoms with E-state index in [1.165, 1.54) is 25.0 Å². The highest BCUT2D eigenvalue weighted by Gasteiger charge is 2.38. The number of nitrogens with one attached hydrogen (secondary N) is 2. The molecular weight excluding hydrogens is 478 g/mol. The smallest absolute Gasteiger partial charge is 0.475 e. The first kappa shape index (κ1) is 25.0. The predicted octanol–water partition coefficient (Wildman–Crippen LogP) is 5.88. The van der Waals surface area contributed by atoms with Gasteiger partial charge in [0, 0.05) is 17.1 Å². The molecule has 1 heterocycles. The van der Waals surface area contributed by atoms with Crippen LogP contribution in [0.25, 0.3) is 10.9 Å². The lowest BCUT2D eigenvalue weighted by Gasteiger charge is -2.17. The standard InChI is InChI=1S/C20H17ClFN5.C2HF3O2/c1-11(12-5-6-12)24-19-15-4-2-3-13(10-23)18(15)26-20(27-19)25-14-7-8-17(22)16(21)9-14;3-2(4,5)1(6)7/h2-4,7-9,11-12H,5-6H2,1H3,(H2,24,25,26,27);(H,6,7)/t11-;/m1./s1. The minimum absolute atomic E-state index is 0.0132. The molecule has 2 aromatic carbocycles. The maximum absolute atomic E-state index is 13.4. The Labute approximate surface area is 196 Å². The van der Waals surface area contributed by atoms with Crippen LogP contribution in [-0.2, 0) is 4.79 Å². The van der Waals surface area contributed by atoms with Gasteiger partial charge in [0.25, 0.3) is 0 Å². The molecule has 4 rings (SSSR count). The highest BCUT2D eigenvalue weighted by molar-refractivity contribution is 6.31. The summed E-state index contributed by atoms with van der Waals surface area (Å²) in [5.41, 5.74) is 1.60. The number of fused-ring (bicyclic) bond motifs is 1. The molecule has 1 aliphatic carbocycles. The van der Waals surface area contributed by atoms with Gasteiger partial charge in [-0.3, -0.25) is 0 Å². The number of carboxylic acid groups (broad SMARTS) is 1. The maximum atomic E-state index is 13.4. The summed E-state index contributed by atoms with van der Waals surface area (Å²) >= 11 is 5.85. The zero-order chi connectivity index (χ0) is 25.0. The number of aliphatic carboxylic acids is 1. The number of benzene rings is 2. The third-order valence-electron chi connectivity index (χ3n) is 4.96. The second-order valence-electron chi connectivity index (χ2n) is 7.54. The molecule has 1 fully saturated rings. The van der Waals surface area contributed by atoms with Gasteiger partial charge in [-0.25, -0.2) is 14.2 Å². The average molecular weight is 496 g/mol. The summed E-state index contributed by atoms with van der Waals surface area (Å²) in [6, 6.07) is 12.2. The molecule has 34 heavy (non-hydrogen) atoms. The van der Waals surface area contributed by atoms with Crippen molar-refractivity contribution in [3.05, 3.63) is 52.8 Å². The van der Waals surface area contributed by atoms with Crippen molar-refractivity contribution in [3.63, 3.8) is 0 Å². The Morgan fingerprint density at radius 1 is 1.26 bits per heavy atom. The molecule has 0 bridgehead atoms. The van der Waals surface area contributed by atoms with E-state index in [1.54, 1.807) is 12.1 Å². The molecule has 1 aliphatic rings. The van der Waals surface area contributed by atoms with E-state index < -0.39 is 18.0 Å². The molecule has 7 nitrogen and oxygen atoms in total.